The minimum Gasteiger partial charge on any atom is -0.496 e. The van der Waals surface area contributed by atoms with Crippen molar-refractivity contribution in [2.75, 3.05) is 7.11 Å². The minimum absolute atomic E-state index is 0.0575. The van der Waals surface area contributed by atoms with Crippen LogP contribution in [0.15, 0.2) is 47.3 Å². The van der Waals surface area contributed by atoms with Crippen LogP contribution in [0.1, 0.15) is 36.2 Å². The molecule has 0 fully saturated rings. The number of hydrogen-bond acceptors (Lipinski definition) is 3. The molecule has 4 heteroatoms. The summed E-state index contributed by atoms with van der Waals surface area (Å²) in [5.74, 6) is 0.632. The molecule has 0 bridgehead atoms. The Morgan fingerprint density at radius 2 is 1.84 bits per heavy atom. The number of aryl methyl sites for hydroxylation is 2. The molecule has 0 aliphatic heterocycles. The van der Waals surface area contributed by atoms with Gasteiger partial charge in [0.1, 0.15) is 5.75 Å². The highest BCUT2D eigenvalue weighted by molar-refractivity contribution is 5.94. The molecule has 4 nitrogen and oxygen atoms in total. The quantitative estimate of drug-likeness (QED) is 0.797. The van der Waals surface area contributed by atoms with Gasteiger partial charge >= 0.3 is 0 Å². The smallest absolute Gasteiger partial charge is 0.267 e. The fraction of sp³-hybridized carbons (Fsp3) is 0.286. The third-order valence-electron chi connectivity index (χ3n) is 5.06. The molecule has 1 aliphatic carbocycles. The van der Waals surface area contributed by atoms with Crippen LogP contribution in [0.5, 0.6) is 5.75 Å². The molecule has 1 aromatic heterocycles. The van der Waals surface area contributed by atoms with Gasteiger partial charge in [0.15, 0.2) is 0 Å². The Hall–Kier alpha value is -2.59. The van der Waals surface area contributed by atoms with Crippen LogP contribution < -0.4 is 16.0 Å². The maximum atomic E-state index is 13.5. The van der Waals surface area contributed by atoms with Gasteiger partial charge in [-0.1, -0.05) is 24.3 Å². The van der Waals surface area contributed by atoms with Gasteiger partial charge in [-0.05, 0) is 60.9 Å². The van der Waals surface area contributed by atoms with E-state index in [0.29, 0.717) is 11.1 Å². The van der Waals surface area contributed by atoms with Crippen LogP contribution in [-0.2, 0) is 12.8 Å². The molecule has 1 atom stereocenters. The van der Waals surface area contributed by atoms with Crippen molar-refractivity contribution in [2.45, 2.75) is 32.2 Å². The Kier molecular flexibility index (Phi) is 3.85. The van der Waals surface area contributed by atoms with Crippen LogP contribution in [-0.4, -0.2) is 11.7 Å². The lowest BCUT2D eigenvalue weighted by Crippen LogP contribution is -2.29. The van der Waals surface area contributed by atoms with Gasteiger partial charge in [-0.2, -0.15) is 0 Å². The van der Waals surface area contributed by atoms with Gasteiger partial charge in [-0.25, -0.2) is 0 Å². The number of pyridine rings is 1. The first kappa shape index (κ1) is 15.9. The average Bonchev–Trinajstić information content (AvgIpc) is 2.64. The van der Waals surface area contributed by atoms with Crippen molar-refractivity contribution in [3.63, 3.8) is 0 Å². The highest BCUT2D eigenvalue weighted by atomic mass is 16.5. The zero-order valence-corrected chi connectivity index (χ0v) is 14.6. The molecule has 3 aromatic rings. The highest BCUT2D eigenvalue weighted by Gasteiger charge is 2.26. The first-order valence-corrected chi connectivity index (χ1v) is 8.72. The number of nitrogens with two attached hydrogens (primary N) is 1. The largest absolute Gasteiger partial charge is 0.496 e. The lowest BCUT2D eigenvalue weighted by Gasteiger charge is -2.26. The highest BCUT2D eigenvalue weighted by Crippen LogP contribution is 2.37. The van der Waals surface area contributed by atoms with Gasteiger partial charge in [0.05, 0.1) is 12.5 Å². The van der Waals surface area contributed by atoms with Crippen LogP contribution in [0.2, 0.25) is 0 Å². The Morgan fingerprint density at radius 3 is 2.52 bits per heavy atom. The Morgan fingerprint density at radius 1 is 1.08 bits per heavy atom. The summed E-state index contributed by atoms with van der Waals surface area (Å²) in [6.45, 7) is 1.95. The van der Waals surface area contributed by atoms with Crippen molar-refractivity contribution in [1.82, 2.24) is 4.57 Å². The van der Waals surface area contributed by atoms with Gasteiger partial charge in [-0.15, -0.1) is 0 Å². The number of benzene rings is 2. The number of rotatable bonds is 3. The molecular weight excluding hydrogens is 312 g/mol. The van der Waals surface area contributed by atoms with Gasteiger partial charge < -0.3 is 10.5 Å². The predicted octanol–water partition coefficient (Wildman–Crippen LogP) is 3.51. The molecule has 2 aromatic carbocycles. The van der Waals surface area contributed by atoms with E-state index < -0.39 is 0 Å². The maximum absolute atomic E-state index is 13.5. The van der Waals surface area contributed by atoms with Crippen molar-refractivity contribution < 1.29 is 4.74 Å². The normalized spacial score (nSPS) is 14.5. The van der Waals surface area contributed by atoms with E-state index in [1.807, 2.05) is 43.3 Å². The molecule has 25 heavy (non-hydrogen) atoms. The van der Waals surface area contributed by atoms with E-state index in [-0.39, 0.29) is 11.6 Å². The van der Waals surface area contributed by atoms with Gasteiger partial charge in [0.25, 0.3) is 5.56 Å². The van der Waals surface area contributed by atoms with Crippen LogP contribution >= 0.6 is 0 Å². The summed E-state index contributed by atoms with van der Waals surface area (Å²) in [5, 5.41) is 1.72. The van der Waals surface area contributed by atoms with E-state index in [1.54, 1.807) is 11.7 Å². The molecule has 0 radical (unpaired) electrons. The number of para-hydroxylation sites is 1. The summed E-state index contributed by atoms with van der Waals surface area (Å²) >= 11 is 0. The van der Waals surface area contributed by atoms with E-state index in [2.05, 4.69) is 6.07 Å². The first-order valence-electron chi connectivity index (χ1n) is 8.72. The van der Waals surface area contributed by atoms with Crippen LogP contribution in [0.25, 0.3) is 16.5 Å². The standard InChI is InChI=1S/C21H22N2O2/c1-13(22)20-16-10-6-7-14-11-12-17(25-2)19(18(14)16)21(24)23(20)15-8-4-3-5-9-15/h3-5,8-9,11-13H,6-7,10,22H2,1-2H3. The number of nitrogens with zero attached hydrogens (tertiary/aromatic N) is 1. The third kappa shape index (κ3) is 2.36. The number of methoxy groups -OCH3 is 1. The SMILES string of the molecule is COc1ccc2c3c(c(C(C)N)n(-c4ccccc4)c(=O)c13)CCC2. The van der Waals surface area contributed by atoms with E-state index in [9.17, 15) is 4.79 Å². The molecule has 128 valence electrons. The Labute approximate surface area is 146 Å². The number of aromatic nitrogens is 1. The van der Waals surface area contributed by atoms with Crippen molar-refractivity contribution in [3.8, 4) is 11.4 Å². The monoisotopic (exact) mass is 334 g/mol. The Balaban J connectivity index is 2.24. The van der Waals surface area contributed by atoms with Crippen molar-refractivity contribution in [3.05, 3.63) is 69.6 Å². The zero-order valence-electron chi connectivity index (χ0n) is 14.6. The fourth-order valence-corrected chi connectivity index (χ4v) is 4.07. The summed E-state index contributed by atoms with van der Waals surface area (Å²) in [7, 11) is 1.62. The second kappa shape index (κ2) is 6.05. The summed E-state index contributed by atoms with van der Waals surface area (Å²) in [5.41, 5.74) is 10.4. The third-order valence-corrected chi connectivity index (χ3v) is 5.06. The second-order valence-corrected chi connectivity index (χ2v) is 6.66. The lowest BCUT2D eigenvalue weighted by molar-refractivity contribution is 0.419. The molecule has 1 heterocycles. The lowest BCUT2D eigenvalue weighted by atomic mass is 9.86. The molecule has 0 spiro atoms. The van der Waals surface area contributed by atoms with Crippen LogP contribution in [0.4, 0.5) is 0 Å². The van der Waals surface area contributed by atoms with Crippen molar-refractivity contribution >= 4 is 10.8 Å². The predicted molar refractivity (Wildman–Crippen MR) is 101 cm³/mol. The molecular formula is C21H22N2O2. The summed E-state index contributed by atoms with van der Waals surface area (Å²) in [4.78, 5) is 13.5. The minimum atomic E-state index is -0.232. The molecule has 0 amide bonds. The fourth-order valence-electron chi connectivity index (χ4n) is 4.07. The second-order valence-electron chi connectivity index (χ2n) is 6.66. The molecule has 0 saturated heterocycles. The number of ether oxygens (including phenoxy) is 1. The van der Waals surface area contributed by atoms with Gasteiger partial charge in [0, 0.05) is 17.4 Å². The average molecular weight is 334 g/mol. The number of hydrogen-bond donors (Lipinski definition) is 1. The van der Waals surface area contributed by atoms with E-state index in [4.69, 9.17) is 10.5 Å². The topological polar surface area (TPSA) is 57.2 Å². The van der Waals surface area contributed by atoms with Crippen LogP contribution in [0.3, 0.4) is 0 Å². The van der Waals surface area contributed by atoms with Gasteiger partial charge in [0.2, 0.25) is 0 Å². The van der Waals surface area contributed by atoms with E-state index in [0.717, 1.165) is 36.0 Å². The summed E-state index contributed by atoms with van der Waals surface area (Å²) < 4.78 is 7.31. The van der Waals surface area contributed by atoms with Crippen LogP contribution in [0, 0.1) is 0 Å². The van der Waals surface area contributed by atoms with Crippen molar-refractivity contribution in [1.29, 1.82) is 0 Å². The van der Waals surface area contributed by atoms with Gasteiger partial charge in [-0.3, -0.25) is 9.36 Å². The summed E-state index contributed by atoms with van der Waals surface area (Å²) in [6.07, 6.45) is 2.99. The zero-order chi connectivity index (χ0) is 17.6. The molecule has 0 saturated carbocycles. The van der Waals surface area contributed by atoms with E-state index >= 15 is 0 Å². The first-order chi connectivity index (χ1) is 12.1. The van der Waals surface area contributed by atoms with Crippen molar-refractivity contribution in [2.24, 2.45) is 5.73 Å². The molecule has 2 N–H and O–H groups in total. The maximum Gasteiger partial charge on any atom is 0.267 e. The Bertz CT molecular complexity index is 1000. The molecule has 4 rings (SSSR count). The van der Waals surface area contributed by atoms with E-state index in [1.165, 1.54) is 11.1 Å². The molecule has 1 unspecified atom stereocenters. The molecule has 1 aliphatic rings. The summed E-state index contributed by atoms with van der Waals surface area (Å²) in [6, 6.07) is 13.5.